The minimum atomic E-state index is 0.347. The number of nitrogens with one attached hydrogen (secondary N) is 2. The van der Waals surface area contributed by atoms with Crippen LogP contribution in [0.25, 0.3) is 0 Å². The number of hydrazine groups is 2. The van der Waals surface area contributed by atoms with Gasteiger partial charge >= 0.3 is 0 Å². The van der Waals surface area contributed by atoms with E-state index in [9.17, 15) is 0 Å². The Bertz CT molecular complexity index is 276. The van der Waals surface area contributed by atoms with Crippen LogP contribution < -0.4 is 10.9 Å². The molecule has 0 aromatic rings. The Morgan fingerprint density at radius 3 is 1.24 bits per heavy atom. The molecule has 0 spiro atoms. The van der Waals surface area contributed by atoms with Gasteiger partial charge in [-0.25, -0.2) is 20.9 Å². The first kappa shape index (κ1) is 17.2. The molecule has 2 aliphatic heterocycles. The fourth-order valence-electron chi connectivity index (χ4n) is 4.05. The van der Waals surface area contributed by atoms with Crippen molar-refractivity contribution in [2.24, 2.45) is 0 Å². The average Bonchev–Trinajstić information content (AvgIpc) is 3.30. The van der Waals surface area contributed by atoms with Crippen LogP contribution in [0.15, 0.2) is 0 Å². The van der Waals surface area contributed by atoms with E-state index in [0.717, 1.165) is 0 Å². The van der Waals surface area contributed by atoms with Gasteiger partial charge in [0.25, 0.3) is 0 Å². The second kappa shape index (κ2) is 7.40. The molecule has 4 nitrogen and oxygen atoms in total. The van der Waals surface area contributed by atoms with Crippen LogP contribution in [0.5, 0.6) is 0 Å². The second-order valence-corrected chi connectivity index (χ2v) is 6.94. The van der Waals surface area contributed by atoms with Gasteiger partial charge < -0.3 is 0 Å². The maximum atomic E-state index is 3.64. The Morgan fingerprint density at radius 2 is 0.952 bits per heavy atom. The third kappa shape index (κ3) is 3.98. The normalized spacial score (nSPS) is 28.6. The molecule has 2 N–H and O–H groups in total. The molecule has 2 saturated heterocycles. The summed E-state index contributed by atoms with van der Waals surface area (Å²) in [5.41, 5.74) is 7.98. The van der Waals surface area contributed by atoms with E-state index in [2.05, 4.69) is 48.6 Å². The van der Waals surface area contributed by atoms with Crippen LogP contribution in [0.3, 0.4) is 0 Å². The van der Waals surface area contributed by atoms with E-state index in [0.29, 0.717) is 11.3 Å². The molecular weight excluding hydrogens is 260 g/mol. The Labute approximate surface area is 131 Å². The lowest BCUT2D eigenvalue weighted by Gasteiger charge is -2.14. The lowest BCUT2D eigenvalue weighted by molar-refractivity contribution is 0.314. The summed E-state index contributed by atoms with van der Waals surface area (Å²) in [7, 11) is 0. The molecule has 2 rings (SSSR count). The van der Waals surface area contributed by atoms with Crippen LogP contribution in [-0.4, -0.2) is 34.4 Å². The zero-order valence-corrected chi connectivity index (χ0v) is 14.7. The van der Waals surface area contributed by atoms with Gasteiger partial charge in [-0.3, -0.25) is 0 Å². The van der Waals surface area contributed by atoms with Crippen LogP contribution >= 0.6 is 0 Å². The number of hydrogen-bond donors (Lipinski definition) is 2. The van der Waals surface area contributed by atoms with E-state index in [1.807, 2.05) is 0 Å². The second-order valence-electron chi connectivity index (χ2n) is 6.94. The molecule has 0 radical (unpaired) electrons. The van der Waals surface area contributed by atoms with Crippen molar-refractivity contribution in [2.45, 2.75) is 96.8 Å². The Morgan fingerprint density at radius 1 is 0.619 bits per heavy atom. The predicted octanol–water partition coefficient (Wildman–Crippen LogP) is 3.61. The van der Waals surface area contributed by atoms with Crippen molar-refractivity contribution in [3.8, 4) is 0 Å². The van der Waals surface area contributed by atoms with Crippen molar-refractivity contribution in [3.63, 3.8) is 0 Å². The smallest absolute Gasteiger partial charge is 0.0973 e. The minimum Gasteiger partial charge on any atom is -0.232 e. The lowest BCUT2D eigenvalue weighted by Crippen LogP contribution is -2.23. The molecule has 2 aliphatic rings. The highest BCUT2D eigenvalue weighted by molar-refractivity contribution is 4.99. The monoisotopic (exact) mass is 296 g/mol. The Kier molecular flexibility index (Phi) is 6.06. The molecule has 0 amide bonds. The third-order valence-corrected chi connectivity index (χ3v) is 5.04. The summed E-state index contributed by atoms with van der Waals surface area (Å²) in [5.74, 6) is 0. The topological polar surface area (TPSA) is 49.9 Å². The molecule has 2 fully saturated rings. The summed E-state index contributed by atoms with van der Waals surface area (Å²) >= 11 is 0. The first-order valence-electron chi connectivity index (χ1n) is 9.27. The van der Waals surface area contributed by atoms with Gasteiger partial charge in [-0.05, 0) is 32.1 Å². The van der Waals surface area contributed by atoms with Crippen LogP contribution in [0.4, 0.5) is 0 Å². The summed E-state index contributed by atoms with van der Waals surface area (Å²) in [6.45, 7) is 11.5. The zero-order valence-electron chi connectivity index (χ0n) is 14.7. The number of nitrogens with zero attached hydrogens (tertiary/aromatic N) is 2. The molecule has 0 bridgehead atoms. The highest BCUT2D eigenvalue weighted by Gasteiger charge is 2.51. The summed E-state index contributed by atoms with van der Waals surface area (Å²) in [5, 5.41) is 4.98. The van der Waals surface area contributed by atoms with Gasteiger partial charge in [0.2, 0.25) is 0 Å². The van der Waals surface area contributed by atoms with E-state index >= 15 is 0 Å². The minimum absolute atomic E-state index is 0.347. The van der Waals surface area contributed by atoms with Gasteiger partial charge in [0.1, 0.15) is 0 Å². The largest absolute Gasteiger partial charge is 0.232 e. The molecule has 0 aliphatic carbocycles. The molecule has 21 heavy (non-hydrogen) atoms. The molecule has 0 saturated carbocycles. The average molecular weight is 297 g/mol. The van der Waals surface area contributed by atoms with E-state index in [1.54, 1.807) is 0 Å². The Hall–Kier alpha value is -0.160. The molecule has 2 atom stereocenters. The zero-order chi connectivity index (χ0) is 15.3. The lowest BCUT2D eigenvalue weighted by atomic mass is 10.0. The van der Waals surface area contributed by atoms with Crippen LogP contribution in [0.1, 0.15) is 85.5 Å². The SMILES string of the molecule is CCCC1(CCC)NN1CCCN1NC1(CCC)CCC. The van der Waals surface area contributed by atoms with E-state index in [1.165, 1.54) is 70.9 Å². The van der Waals surface area contributed by atoms with Crippen molar-refractivity contribution in [3.05, 3.63) is 0 Å². The van der Waals surface area contributed by atoms with Crippen LogP contribution in [0, 0.1) is 0 Å². The fraction of sp³-hybridized carbons (Fsp3) is 1.00. The number of rotatable bonds is 12. The van der Waals surface area contributed by atoms with E-state index in [-0.39, 0.29) is 0 Å². The van der Waals surface area contributed by atoms with Crippen molar-refractivity contribution in [1.82, 2.24) is 20.9 Å². The maximum absolute atomic E-state index is 3.64. The highest BCUT2D eigenvalue weighted by Crippen LogP contribution is 2.37. The van der Waals surface area contributed by atoms with Gasteiger partial charge in [-0.1, -0.05) is 53.4 Å². The standard InChI is InChI=1S/C17H36N4/c1-5-10-16(11-6-2)18-20(16)14-9-15-21-17(19-21,12-7-3)13-8-4/h18-19H,5-15H2,1-4H3. The van der Waals surface area contributed by atoms with Gasteiger partial charge in [0, 0.05) is 13.1 Å². The van der Waals surface area contributed by atoms with Crippen molar-refractivity contribution in [1.29, 1.82) is 0 Å². The Balaban J connectivity index is 1.67. The van der Waals surface area contributed by atoms with Gasteiger partial charge in [-0.15, -0.1) is 0 Å². The summed E-state index contributed by atoms with van der Waals surface area (Å²) < 4.78 is 0. The molecule has 0 aromatic heterocycles. The van der Waals surface area contributed by atoms with Gasteiger partial charge in [0.05, 0.1) is 11.3 Å². The van der Waals surface area contributed by atoms with E-state index < -0.39 is 0 Å². The third-order valence-electron chi connectivity index (χ3n) is 5.04. The predicted molar refractivity (Wildman–Crippen MR) is 89.4 cm³/mol. The van der Waals surface area contributed by atoms with Crippen LogP contribution in [-0.2, 0) is 0 Å². The molecular formula is C17H36N4. The first-order chi connectivity index (χ1) is 10.2. The van der Waals surface area contributed by atoms with Crippen molar-refractivity contribution < 1.29 is 0 Å². The van der Waals surface area contributed by atoms with Gasteiger partial charge in [0.15, 0.2) is 0 Å². The highest BCUT2D eigenvalue weighted by atomic mass is 15.8. The molecule has 2 unspecified atom stereocenters. The maximum Gasteiger partial charge on any atom is 0.0973 e. The van der Waals surface area contributed by atoms with Gasteiger partial charge in [-0.2, -0.15) is 0 Å². The fourth-order valence-corrected chi connectivity index (χ4v) is 4.05. The van der Waals surface area contributed by atoms with Crippen molar-refractivity contribution >= 4 is 0 Å². The summed E-state index contributed by atoms with van der Waals surface area (Å²) in [4.78, 5) is 0. The van der Waals surface area contributed by atoms with E-state index in [4.69, 9.17) is 0 Å². The number of hydrogen-bond acceptors (Lipinski definition) is 4. The van der Waals surface area contributed by atoms with Crippen LogP contribution in [0.2, 0.25) is 0 Å². The first-order valence-corrected chi connectivity index (χ1v) is 9.27. The molecule has 0 aromatic carbocycles. The summed E-state index contributed by atoms with van der Waals surface area (Å²) in [6, 6.07) is 0. The van der Waals surface area contributed by atoms with Crippen molar-refractivity contribution in [2.75, 3.05) is 13.1 Å². The quantitative estimate of drug-likeness (QED) is 0.540. The molecule has 4 heteroatoms. The summed E-state index contributed by atoms with van der Waals surface area (Å²) in [6.07, 6.45) is 11.5. The molecule has 2 heterocycles. The molecule has 124 valence electrons.